The third-order valence-electron chi connectivity index (χ3n) is 11.5. The van der Waals surface area contributed by atoms with Gasteiger partial charge in [0.15, 0.2) is 5.82 Å². The number of anilines is 1. The SMILES string of the molecule is OC12CC/C=C\Cc3c(Cl)cc4[nH]ncc4c3-c3ncc4c(nc(OC[C@@]56CCCN5C[C@H](F)C6)nc4c3F)N3CCCC(C3)(C1)C2. The van der Waals surface area contributed by atoms with Crippen LogP contribution in [0.5, 0.6) is 6.01 Å². The number of pyridine rings is 1. The largest absolute Gasteiger partial charge is 0.461 e. The lowest BCUT2D eigenvalue weighted by atomic mass is 9.55. The summed E-state index contributed by atoms with van der Waals surface area (Å²) in [6.07, 6.45) is 14.1. The molecule has 246 valence electrons. The molecule has 7 aliphatic rings. The molecule has 9 heterocycles. The van der Waals surface area contributed by atoms with Gasteiger partial charge >= 0.3 is 6.01 Å². The van der Waals surface area contributed by atoms with Crippen molar-refractivity contribution >= 4 is 39.2 Å². The number of H-pyrrole nitrogens is 1. The monoisotopic (exact) mass is 661 g/mol. The summed E-state index contributed by atoms with van der Waals surface area (Å²) in [7, 11) is 0. The number of hydrogen-bond acceptors (Lipinski definition) is 8. The first-order valence-corrected chi connectivity index (χ1v) is 17.3. The average Bonchev–Trinajstić information content (AvgIpc) is 3.73. The molecule has 3 saturated heterocycles. The number of hydrogen-bond donors (Lipinski definition) is 2. The van der Waals surface area contributed by atoms with Crippen LogP contribution in [0.4, 0.5) is 14.6 Å². The van der Waals surface area contributed by atoms with E-state index in [1.807, 2.05) is 12.1 Å². The summed E-state index contributed by atoms with van der Waals surface area (Å²) >= 11 is 6.84. The molecule has 0 amide bonds. The molecule has 47 heavy (non-hydrogen) atoms. The highest BCUT2D eigenvalue weighted by atomic mass is 35.5. The molecule has 4 aromatic rings. The van der Waals surface area contributed by atoms with Gasteiger partial charge in [0.05, 0.1) is 28.2 Å². The van der Waals surface area contributed by atoms with E-state index in [4.69, 9.17) is 31.3 Å². The summed E-state index contributed by atoms with van der Waals surface area (Å²) in [5, 5.41) is 20.3. The Bertz CT molecular complexity index is 1930. The van der Waals surface area contributed by atoms with Crippen LogP contribution < -0.4 is 9.64 Å². The second-order valence-corrected chi connectivity index (χ2v) is 15.1. The van der Waals surface area contributed by atoms with E-state index in [0.29, 0.717) is 65.0 Å². The van der Waals surface area contributed by atoms with Gasteiger partial charge in [0.1, 0.15) is 29.8 Å². The van der Waals surface area contributed by atoms with Crippen molar-refractivity contribution in [2.45, 2.75) is 81.5 Å². The van der Waals surface area contributed by atoms with Gasteiger partial charge in [0, 0.05) is 48.2 Å². The molecule has 2 N–H and O–H groups in total. The quantitative estimate of drug-likeness (QED) is 0.246. The predicted octanol–water partition coefficient (Wildman–Crippen LogP) is 6.32. The van der Waals surface area contributed by atoms with Crippen LogP contribution in [0.3, 0.4) is 0 Å². The molecule has 3 aromatic heterocycles. The Morgan fingerprint density at radius 1 is 1.09 bits per heavy atom. The lowest BCUT2D eigenvalue weighted by molar-refractivity contribution is -0.136. The number of fused-ring (bicyclic) bond motifs is 2. The zero-order valence-corrected chi connectivity index (χ0v) is 27.0. The molecule has 9 nitrogen and oxygen atoms in total. The number of alkyl halides is 1. The maximum atomic E-state index is 17.1. The second kappa shape index (κ2) is 10.8. The highest BCUT2D eigenvalue weighted by Crippen LogP contribution is 2.56. The molecule has 0 radical (unpaired) electrons. The Morgan fingerprint density at radius 2 is 1.96 bits per heavy atom. The van der Waals surface area contributed by atoms with E-state index in [1.54, 1.807) is 12.4 Å². The maximum absolute atomic E-state index is 17.1. The fourth-order valence-corrected chi connectivity index (χ4v) is 9.87. The van der Waals surface area contributed by atoms with Gasteiger partial charge in [0.25, 0.3) is 0 Å². The van der Waals surface area contributed by atoms with Gasteiger partial charge in [-0.3, -0.25) is 15.0 Å². The number of nitrogens with zero attached hydrogens (tertiary/aromatic N) is 6. The van der Waals surface area contributed by atoms with Crippen molar-refractivity contribution < 1.29 is 18.6 Å². The molecule has 0 unspecified atom stereocenters. The Kier molecular flexibility index (Phi) is 6.83. The van der Waals surface area contributed by atoms with Crippen LogP contribution >= 0.6 is 11.6 Å². The van der Waals surface area contributed by atoms with Crippen molar-refractivity contribution in [3.63, 3.8) is 0 Å². The maximum Gasteiger partial charge on any atom is 0.319 e. The third kappa shape index (κ3) is 4.83. The summed E-state index contributed by atoms with van der Waals surface area (Å²) in [6, 6.07) is 1.89. The zero-order valence-electron chi connectivity index (χ0n) is 26.2. The third-order valence-corrected chi connectivity index (χ3v) is 11.9. The van der Waals surface area contributed by atoms with Crippen molar-refractivity contribution in [2.75, 3.05) is 37.7 Å². The first kappa shape index (κ1) is 29.7. The molecule has 4 fully saturated rings. The van der Waals surface area contributed by atoms with Gasteiger partial charge in [-0.05, 0) is 81.4 Å². The van der Waals surface area contributed by atoms with E-state index in [0.717, 1.165) is 63.6 Å². The van der Waals surface area contributed by atoms with Crippen molar-refractivity contribution in [2.24, 2.45) is 5.41 Å². The van der Waals surface area contributed by atoms with Gasteiger partial charge in [-0.15, -0.1) is 0 Å². The smallest absolute Gasteiger partial charge is 0.319 e. The lowest BCUT2D eigenvalue weighted by Gasteiger charge is -2.57. The molecule has 1 spiro atoms. The Morgan fingerprint density at radius 3 is 2.85 bits per heavy atom. The number of ether oxygens (including phenoxy) is 1. The van der Waals surface area contributed by atoms with Gasteiger partial charge in [-0.1, -0.05) is 23.8 Å². The summed E-state index contributed by atoms with van der Waals surface area (Å²) in [5.41, 5.74) is 1.11. The van der Waals surface area contributed by atoms with Gasteiger partial charge < -0.3 is 14.7 Å². The number of aliphatic hydroxyl groups is 1. The van der Waals surface area contributed by atoms with E-state index in [-0.39, 0.29) is 29.2 Å². The molecule has 6 aliphatic heterocycles. The van der Waals surface area contributed by atoms with Crippen molar-refractivity contribution in [1.82, 2.24) is 30.0 Å². The fraction of sp³-hybridized carbons (Fsp3) is 0.543. The topological polar surface area (TPSA) is 103 Å². The van der Waals surface area contributed by atoms with Crippen molar-refractivity contribution in [3.8, 4) is 17.3 Å². The minimum atomic E-state index is -0.888. The molecule has 7 bridgehead atoms. The molecule has 1 aliphatic carbocycles. The van der Waals surface area contributed by atoms with Crippen molar-refractivity contribution in [1.29, 1.82) is 0 Å². The Labute approximate surface area is 276 Å². The highest BCUT2D eigenvalue weighted by molar-refractivity contribution is 6.33. The molecule has 1 aromatic carbocycles. The van der Waals surface area contributed by atoms with Crippen LogP contribution in [0.25, 0.3) is 33.1 Å². The standard InChI is InChI=1S/C35H38ClF2N7O2/c36-25-12-26-23(15-40-43-26)27-22(25)6-2-1-3-9-35(46)17-33(18-35)7-4-10-44(19-33)31-24-14-39-30(27)28(38)29(24)41-32(42-31)47-20-34-8-5-11-45(34)16-21(37)13-34/h1-2,12,14-15,21,46H,3-11,13,16-20H2,(H,40,43)/b2-1-/t21-,33?,34+,35?/m1/s1. The molecule has 12 heteroatoms. The number of rotatable bonds is 3. The zero-order chi connectivity index (χ0) is 32.0. The van der Waals surface area contributed by atoms with E-state index >= 15 is 4.39 Å². The average molecular weight is 662 g/mol. The normalized spacial score (nSPS) is 31.2. The highest BCUT2D eigenvalue weighted by Gasteiger charge is 2.55. The lowest BCUT2D eigenvalue weighted by Crippen LogP contribution is -2.59. The minimum absolute atomic E-state index is 0.0329. The number of allylic oxidation sites excluding steroid dienone is 2. The second-order valence-electron chi connectivity index (χ2n) is 14.7. The predicted molar refractivity (Wildman–Crippen MR) is 176 cm³/mol. The summed E-state index contributed by atoms with van der Waals surface area (Å²) in [4.78, 5) is 18.7. The Hall–Kier alpha value is -3.41. The van der Waals surface area contributed by atoms with Crippen LogP contribution in [0.2, 0.25) is 5.02 Å². The molecule has 2 atom stereocenters. The first-order chi connectivity index (χ1) is 22.7. The summed E-state index contributed by atoms with van der Waals surface area (Å²) in [5.74, 6) is 0.00388. The summed E-state index contributed by atoms with van der Waals surface area (Å²) in [6.45, 7) is 2.95. The number of aromatic nitrogens is 5. The minimum Gasteiger partial charge on any atom is -0.461 e. The number of piperidine rings is 1. The number of benzene rings is 1. The van der Waals surface area contributed by atoms with Crippen LogP contribution in [-0.4, -0.2) is 85.3 Å². The first-order valence-electron chi connectivity index (χ1n) is 16.9. The van der Waals surface area contributed by atoms with Crippen molar-refractivity contribution in [3.05, 3.63) is 47.0 Å². The van der Waals surface area contributed by atoms with Crippen LogP contribution in [-0.2, 0) is 6.42 Å². The van der Waals surface area contributed by atoms with Gasteiger partial charge in [0.2, 0.25) is 0 Å². The molecule has 11 rings (SSSR count). The Balaban J connectivity index is 1.21. The van der Waals surface area contributed by atoms with Crippen LogP contribution in [0, 0.1) is 11.2 Å². The van der Waals surface area contributed by atoms with Gasteiger partial charge in [-0.25, -0.2) is 8.78 Å². The van der Waals surface area contributed by atoms with Crippen LogP contribution in [0.15, 0.2) is 30.6 Å². The number of nitrogens with one attached hydrogen (secondary N) is 1. The van der Waals surface area contributed by atoms with Gasteiger partial charge in [-0.2, -0.15) is 15.1 Å². The number of aromatic amines is 1. The van der Waals surface area contributed by atoms with E-state index in [1.165, 1.54) is 0 Å². The van der Waals surface area contributed by atoms with Crippen LogP contribution in [0.1, 0.15) is 63.4 Å². The van der Waals surface area contributed by atoms with E-state index in [9.17, 15) is 9.50 Å². The fourth-order valence-electron chi connectivity index (χ4n) is 9.59. The molecular formula is C35H38ClF2N7O2. The molecule has 1 saturated carbocycles. The summed E-state index contributed by atoms with van der Waals surface area (Å²) < 4.78 is 38.0. The van der Waals surface area contributed by atoms with E-state index < -0.39 is 23.1 Å². The number of halogens is 3. The molecular weight excluding hydrogens is 624 g/mol. The van der Waals surface area contributed by atoms with E-state index in [2.05, 4.69) is 26.1 Å².